The van der Waals surface area contributed by atoms with E-state index in [1.54, 1.807) is 10.9 Å². The first-order chi connectivity index (χ1) is 13.6. The van der Waals surface area contributed by atoms with Crippen molar-refractivity contribution < 1.29 is 8.42 Å². The molecule has 0 amide bonds. The normalized spacial score (nSPS) is 11.6. The fourth-order valence-corrected chi connectivity index (χ4v) is 4.86. The molecule has 2 heterocycles. The predicted molar refractivity (Wildman–Crippen MR) is 112 cm³/mol. The number of aromatic nitrogens is 2. The van der Waals surface area contributed by atoms with Crippen molar-refractivity contribution in [2.75, 3.05) is 6.54 Å². The number of rotatable bonds is 7. The van der Waals surface area contributed by atoms with Crippen molar-refractivity contribution in [2.24, 2.45) is 0 Å². The van der Waals surface area contributed by atoms with E-state index in [9.17, 15) is 8.42 Å². The van der Waals surface area contributed by atoms with E-state index in [0.717, 1.165) is 16.1 Å². The molecule has 5 nitrogen and oxygen atoms in total. The molecule has 0 aliphatic heterocycles. The van der Waals surface area contributed by atoms with Crippen LogP contribution < -0.4 is 4.72 Å². The Bertz CT molecular complexity index is 1140. The van der Waals surface area contributed by atoms with E-state index in [4.69, 9.17) is 0 Å². The molecule has 0 radical (unpaired) electrons. The van der Waals surface area contributed by atoms with Gasteiger partial charge in [0.15, 0.2) is 0 Å². The van der Waals surface area contributed by atoms with Gasteiger partial charge >= 0.3 is 0 Å². The molecule has 0 fully saturated rings. The Morgan fingerprint density at radius 3 is 2.32 bits per heavy atom. The summed E-state index contributed by atoms with van der Waals surface area (Å²) in [6.45, 7) is 0.326. The zero-order chi connectivity index (χ0) is 19.4. The molecule has 2 aromatic heterocycles. The number of nitrogens with zero attached hydrogens (tertiary/aromatic N) is 2. The summed E-state index contributed by atoms with van der Waals surface area (Å²) in [4.78, 5) is 1.00. The van der Waals surface area contributed by atoms with Crippen LogP contribution in [0.1, 0.15) is 5.56 Å². The van der Waals surface area contributed by atoms with Gasteiger partial charge in [0.25, 0.3) is 0 Å². The number of thiophene rings is 1. The Morgan fingerprint density at radius 1 is 0.929 bits per heavy atom. The number of hydrogen-bond acceptors (Lipinski definition) is 4. The minimum Gasteiger partial charge on any atom is -0.239 e. The van der Waals surface area contributed by atoms with E-state index in [1.165, 1.54) is 11.3 Å². The Hall–Kier alpha value is -2.74. The predicted octanol–water partition coefficient (Wildman–Crippen LogP) is 4.12. The van der Waals surface area contributed by atoms with Crippen molar-refractivity contribution in [3.05, 3.63) is 89.9 Å². The molecule has 4 rings (SSSR count). The summed E-state index contributed by atoms with van der Waals surface area (Å²) in [5.41, 5.74) is 2.36. The minimum absolute atomic E-state index is 0.187. The number of nitrogens with one attached hydrogen (secondary N) is 1. The van der Waals surface area contributed by atoms with Crippen LogP contribution in [0.2, 0.25) is 0 Å². The largest absolute Gasteiger partial charge is 0.244 e. The lowest BCUT2D eigenvalue weighted by molar-refractivity contribution is 0.582. The van der Waals surface area contributed by atoms with Gasteiger partial charge < -0.3 is 0 Å². The van der Waals surface area contributed by atoms with E-state index >= 15 is 0 Å². The molecular weight excluding hydrogens is 390 g/mol. The molecule has 0 saturated carbocycles. The second-order valence-corrected chi connectivity index (χ2v) is 8.92. The summed E-state index contributed by atoms with van der Waals surface area (Å²) in [5, 5.41) is 6.48. The van der Waals surface area contributed by atoms with Crippen LogP contribution in [0.4, 0.5) is 0 Å². The molecule has 0 unspecified atom stereocenters. The fraction of sp³-hybridized carbons (Fsp3) is 0.0952. The maximum absolute atomic E-state index is 13.0. The van der Waals surface area contributed by atoms with Gasteiger partial charge in [0, 0.05) is 6.54 Å². The molecule has 0 atom stereocenters. The van der Waals surface area contributed by atoms with E-state index < -0.39 is 10.0 Å². The minimum atomic E-state index is -3.70. The van der Waals surface area contributed by atoms with Gasteiger partial charge in [0.1, 0.15) is 10.6 Å². The standard InChI is InChI=1S/C21H19N3O2S2/c25-28(26,22-14-13-17-8-3-1-4-9-17)20-16-24(18-10-5-2-6-11-18)23-21(20)19-12-7-15-27-19/h1-12,15-16,22H,13-14H2. The summed E-state index contributed by atoms with van der Waals surface area (Å²) in [6, 6.07) is 23.1. The third-order valence-electron chi connectivity index (χ3n) is 4.29. The van der Waals surface area contributed by atoms with Gasteiger partial charge in [-0.3, -0.25) is 0 Å². The highest BCUT2D eigenvalue weighted by molar-refractivity contribution is 7.89. The topological polar surface area (TPSA) is 64.0 Å². The molecule has 0 aliphatic carbocycles. The van der Waals surface area contributed by atoms with Gasteiger partial charge in [-0.15, -0.1) is 11.3 Å². The third kappa shape index (κ3) is 4.06. The summed E-state index contributed by atoms with van der Waals surface area (Å²) >= 11 is 1.47. The molecule has 7 heteroatoms. The summed E-state index contributed by atoms with van der Waals surface area (Å²) < 4.78 is 30.4. The molecule has 142 valence electrons. The Labute approximate surface area is 168 Å². The first kappa shape index (κ1) is 18.6. The van der Waals surface area contributed by atoms with Crippen molar-refractivity contribution >= 4 is 21.4 Å². The average Bonchev–Trinajstić information content (AvgIpc) is 3.39. The van der Waals surface area contributed by atoms with E-state index in [-0.39, 0.29) is 4.90 Å². The second-order valence-electron chi connectivity index (χ2n) is 6.23. The average molecular weight is 410 g/mol. The van der Waals surface area contributed by atoms with Crippen LogP contribution in [-0.4, -0.2) is 24.7 Å². The first-order valence-electron chi connectivity index (χ1n) is 8.86. The molecule has 28 heavy (non-hydrogen) atoms. The molecule has 0 bridgehead atoms. The van der Waals surface area contributed by atoms with Crippen LogP contribution in [0.5, 0.6) is 0 Å². The highest BCUT2D eigenvalue weighted by Crippen LogP contribution is 2.30. The number of hydrogen-bond donors (Lipinski definition) is 1. The molecule has 4 aromatic rings. The van der Waals surface area contributed by atoms with E-state index in [2.05, 4.69) is 9.82 Å². The van der Waals surface area contributed by atoms with Crippen molar-refractivity contribution in [1.82, 2.24) is 14.5 Å². The molecule has 0 aliphatic rings. The van der Waals surface area contributed by atoms with Crippen LogP contribution in [0.15, 0.2) is 89.3 Å². The number of sulfonamides is 1. The summed E-state index contributed by atoms with van der Waals surface area (Å²) in [6.07, 6.45) is 2.20. The quantitative estimate of drug-likeness (QED) is 0.499. The first-order valence-corrected chi connectivity index (χ1v) is 11.2. The molecule has 0 spiro atoms. The van der Waals surface area contributed by atoms with Crippen molar-refractivity contribution in [3.63, 3.8) is 0 Å². The Balaban J connectivity index is 1.64. The van der Waals surface area contributed by atoms with Crippen molar-refractivity contribution in [2.45, 2.75) is 11.3 Å². The number of benzene rings is 2. The lowest BCUT2D eigenvalue weighted by atomic mass is 10.2. The molecule has 2 aromatic carbocycles. The highest BCUT2D eigenvalue weighted by atomic mass is 32.2. The molecular formula is C21H19N3O2S2. The van der Waals surface area contributed by atoms with Crippen LogP contribution in [-0.2, 0) is 16.4 Å². The highest BCUT2D eigenvalue weighted by Gasteiger charge is 2.24. The van der Waals surface area contributed by atoms with Gasteiger partial charge in [0.2, 0.25) is 10.0 Å². The van der Waals surface area contributed by atoms with Crippen molar-refractivity contribution in [3.8, 4) is 16.3 Å². The van der Waals surface area contributed by atoms with E-state index in [1.807, 2.05) is 78.2 Å². The van der Waals surface area contributed by atoms with Gasteiger partial charge in [-0.2, -0.15) is 5.10 Å². The van der Waals surface area contributed by atoms with Crippen molar-refractivity contribution in [1.29, 1.82) is 0 Å². The van der Waals surface area contributed by atoms with Crippen LogP contribution >= 0.6 is 11.3 Å². The fourth-order valence-electron chi connectivity index (χ4n) is 2.90. The second kappa shape index (κ2) is 8.10. The molecule has 1 N–H and O–H groups in total. The van der Waals surface area contributed by atoms with Crippen LogP contribution in [0, 0.1) is 0 Å². The maximum atomic E-state index is 13.0. The van der Waals surface area contributed by atoms with Crippen LogP contribution in [0.3, 0.4) is 0 Å². The number of para-hydroxylation sites is 1. The SMILES string of the molecule is O=S(=O)(NCCc1ccccc1)c1cn(-c2ccccc2)nc1-c1cccs1. The lowest BCUT2D eigenvalue weighted by Crippen LogP contribution is -2.26. The smallest absolute Gasteiger partial charge is 0.239 e. The zero-order valence-electron chi connectivity index (χ0n) is 15.0. The summed E-state index contributed by atoms with van der Waals surface area (Å²) in [7, 11) is -3.70. The van der Waals surface area contributed by atoms with Crippen LogP contribution in [0.25, 0.3) is 16.3 Å². The summed E-state index contributed by atoms with van der Waals surface area (Å²) in [5.74, 6) is 0. The zero-order valence-corrected chi connectivity index (χ0v) is 16.7. The Morgan fingerprint density at radius 2 is 1.64 bits per heavy atom. The van der Waals surface area contributed by atoms with E-state index in [0.29, 0.717) is 18.7 Å². The lowest BCUT2D eigenvalue weighted by Gasteiger charge is -2.06. The van der Waals surface area contributed by atoms with Gasteiger partial charge in [0.05, 0.1) is 16.8 Å². The maximum Gasteiger partial charge on any atom is 0.244 e. The van der Waals surface area contributed by atoms with Gasteiger partial charge in [-0.25, -0.2) is 17.8 Å². The van der Waals surface area contributed by atoms with Gasteiger partial charge in [-0.1, -0.05) is 54.6 Å². The van der Waals surface area contributed by atoms with Gasteiger partial charge in [-0.05, 0) is 35.6 Å². The monoisotopic (exact) mass is 409 g/mol. The molecule has 0 saturated heterocycles. The Kier molecular flexibility index (Phi) is 5.38. The third-order valence-corrected chi connectivity index (χ3v) is 6.63.